The minimum atomic E-state index is -0.467. The van der Waals surface area contributed by atoms with Crippen LogP contribution in [0.1, 0.15) is 26.3 Å². The van der Waals surface area contributed by atoms with E-state index in [9.17, 15) is 4.79 Å². The van der Waals surface area contributed by atoms with E-state index in [1.165, 1.54) is 0 Å². The maximum atomic E-state index is 12.1. The molecule has 0 spiro atoms. The molecule has 22 heavy (non-hydrogen) atoms. The molecule has 1 aromatic rings. The predicted molar refractivity (Wildman–Crippen MR) is 84.9 cm³/mol. The SMILES string of the molecule is Cc1cnc(NCC2CN(C(=O)OC(C)(C)C)CCN2)nc1. The standard InChI is InChI=1S/C15H25N5O2/c1-11-7-17-13(18-8-11)19-9-12-10-20(6-5-16-12)14(21)22-15(2,3)4/h7-8,12,16H,5-6,9-10H2,1-4H3,(H,17,18,19). The van der Waals surface area contributed by atoms with Gasteiger partial charge in [-0.05, 0) is 33.3 Å². The molecule has 1 fully saturated rings. The van der Waals surface area contributed by atoms with Gasteiger partial charge in [0, 0.05) is 44.6 Å². The Hall–Kier alpha value is -1.89. The Morgan fingerprint density at radius 2 is 2.14 bits per heavy atom. The molecule has 0 radical (unpaired) electrons. The number of hydrogen-bond acceptors (Lipinski definition) is 6. The highest BCUT2D eigenvalue weighted by Crippen LogP contribution is 2.11. The number of aromatic nitrogens is 2. The van der Waals surface area contributed by atoms with Crippen LogP contribution >= 0.6 is 0 Å². The Bertz CT molecular complexity index is 498. The first-order valence-corrected chi connectivity index (χ1v) is 7.57. The van der Waals surface area contributed by atoms with E-state index in [0.29, 0.717) is 25.6 Å². The topological polar surface area (TPSA) is 79.4 Å². The highest BCUT2D eigenvalue weighted by Gasteiger charge is 2.27. The fourth-order valence-corrected chi connectivity index (χ4v) is 2.15. The van der Waals surface area contributed by atoms with Crippen molar-refractivity contribution in [3.8, 4) is 0 Å². The third-order valence-corrected chi connectivity index (χ3v) is 3.19. The zero-order valence-electron chi connectivity index (χ0n) is 13.7. The van der Waals surface area contributed by atoms with E-state index in [4.69, 9.17) is 4.74 Å². The number of aryl methyl sites for hydroxylation is 1. The first kappa shape index (κ1) is 16.5. The molecular weight excluding hydrogens is 282 g/mol. The quantitative estimate of drug-likeness (QED) is 0.879. The van der Waals surface area contributed by atoms with Crippen molar-refractivity contribution in [3.05, 3.63) is 18.0 Å². The van der Waals surface area contributed by atoms with Crippen molar-refractivity contribution in [2.75, 3.05) is 31.5 Å². The van der Waals surface area contributed by atoms with Crippen LogP contribution in [0.15, 0.2) is 12.4 Å². The molecule has 1 atom stereocenters. The molecule has 1 saturated heterocycles. The van der Waals surface area contributed by atoms with Crippen molar-refractivity contribution in [3.63, 3.8) is 0 Å². The third-order valence-electron chi connectivity index (χ3n) is 3.19. The van der Waals surface area contributed by atoms with Gasteiger partial charge in [0.15, 0.2) is 0 Å². The molecule has 1 aliphatic rings. The van der Waals surface area contributed by atoms with Gasteiger partial charge in [-0.1, -0.05) is 0 Å². The summed E-state index contributed by atoms with van der Waals surface area (Å²) in [5.41, 5.74) is 0.559. The van der Waals surface area contributed by atoms with E-state index < -0.39 is 5.60 Å². The molecular formula is C15H25N5O2. The smallest absolute Gasteiger partial charge is 0.410 e. The number of anilines is 1. The average Bonchev–Trinajstić information content (AvgIpc) is 2.45. The Morgan fingerprint density at radius 1 is 1.45 bits per heavy atom. The van der Waals surface area contributed by atoms with E-state index in [1.54, 1.807) is 17.3 Å². The molecule has 1 aliphatic heterocycles. The summed E-state index contributed by atoms with van der Waals surface area (Å²) >= 11 is 0. The predicted octanol–water partition coefficient (Wildman–Crippen LogP) is 1.41. The van der Waals surface area contributed by atoms with Crippen LogP contribution in [0, 0.1) is 6.92 Å². The monoisotopic (exact) mass is 307 g/mol. The third kappa shape index (κ3) is 5.14. The Morgan fingerprint density at radius 3 is 2.77 bits per heavy atom. The van der Waals surface area contributed by atoms with Crippen LogP contribution in [0.4, 0.5) is 10.7 Å². The fraction of sp³-hybridized carbons (Fsp3) is 0.667. The Kier molecular flexibility index (Phi) is 5.18. The summed E-state index contributed by atoms with van der Waals surface area (Å²) in [6.07, 6.45) is 3.29. The van der Waals surface area contributed by atoms with Crippen molar-refractivity contribution in [2.24, 2.45) is 0 Å². The van der Waals surface area contributed by atoms with Gasteiger partial charge in [-0.2, -0.15) is 0 Å². The molecule has 2 heterocycles. The van der Waals surface area contributed by atoms with Gasteiger partial charge in [0.2, 0.25) is 5.95 Å². The summed E-state index contributed by atoms with van der Waals surface area (Å²) in [6, 6.07) is 0.145. The van der Waals surface area contributed by atoms with Crippen molar-refractivity contribution >= 4 is 12.0 Å². The van der Waals surface area contributed by atoms with Gasteiger partial charge in [-0.25, -0.2) is 14.8 Å². The van der Waals surface area contributed by atoms with Crippen molar-refractivity contribution in [2.45, 2.75) is 39.3 Å². The van der Waals surface area contributed by atoms with Crippen LogP contribution in [-0.4, -0.2) is 58.8 Å². The molecule has 1 unspecified atom stereocenters. The van der Waals surface area contributed by atoms with Gasteiger partial charge in [0.25, 0.3) is 0 Å². The molecule has 0 aromatic carbocycles. The number of piperazine rings is 1. The Balaban J connectivity index is 1.82. The second-order valence-corrected chi connectivity index (χ2v) is 6.54. The maximum absolute atomic E-state index is 12.1. The zero-order valence-corrected chi connectivity index (χ0v) is 13.7. The van der Waals surface area contributed by atoms with Gasteiger partial charge < -0.3 is 20.3 Å². The van der Waals surface area contributed by atoms with Crippen LogP contribution in [0.25, 0.3) is 0 Å². The van der Waals surface area contributed by atoms with Crippen LogP contribution in [-0.2, 0) is 4.74 Å². The fourth-order valence-electron chi connectivity index (χ4n) is 2.15. The molecule has 0 saturated carbocycles. The number of amides is 1. The van der Waals surface area contributed by atoms with E-state index in [2.05, 4.69) is 20.6 Å². The summed E-state index contributed by atoms with van der Waals surface area (Å²) in [5.74, 6) is 0.599. The minimum Gasteiger partial charge on any atom is -0.444 e. The minimum absolute atomic E-state index is 0.145. The molecule has 122 valence electrons. The number of nitrogens with zero attached hydrogens (tertiary/aromatic N) is 3. The van der Waals surface area contributed by atoms with E-state index in [-0.39, 0.29) is 12.1 Å². The normalized spacial score (nSPS) is 18.9. The first-order chi connectivity index (χ1) is 10.3. The summed E-state index contributed by atoms with van der Waals surface area (Å²) in [4.78, 5) is 22.3. The largest absolute Gasteiger partial charge is 0.444 e. The van der Waals surface area contributed by atoms with Crippen LogP contribution < -0.4 is 10.6 Å². The second-order valence-electron chi connectivity index (χ2n) is 6.54. The van der Waals surface area contributed by atoms with E-state index in [0.717, 1.165) is 12.1 Å². The van der Waals surface area contributed by atoms with Gasteiger partial charge in [-0.15, -0.1) is 0 Å². The van der Waals surface area contributed by atoms with Gasteiger partial charge in [-0.3, -0.25) is 0 Å². The van der Waals surface area contributed by atoms with E-state index >= 15 is 0 Å². The summed E-state index contributed by atoms with van der Waals surface area (Å²) < 4.78 is 5.42. The molecule has 2 N–H and O–H groups in total. The van der Waals surface area contributed by atoms with Crippen LogP contribution in [0.3, 0.4) is 0 Å². The van der Waals surface area contributed by atoms with Gasteiger partial charge in [0.1, 0.15) is 5.60 Å². The maximum Gasteiger partial charge on any atom is 0.410 e. The number of rotatable bonds is 3. The van der Waals surface area contributed by atoms with Crippen molar-refractivity contribution in [1.29, 1.82) is 0 Å². The molecule has 0 bridgehead atoms. The first-order valence-electron chi connectivity index (χ1n) is 7.57. The lowest BCUT2D eigenvalue weighted by atomic mass is 10.2. The van der Waals surface area contributed by atoms with Gasteiger partial charge >= 0.3 is 6.09 Å². The molecule has 7 nitrogen and oxygen atoms in total. The van der Waals surface area contributed by atoms with Crippen molar-refractivity contribution < 1.29 is 9.53 Å². The molecule has 1 amide bonds. The molecule has 0 aliphatic carbocycles. The molecule has 2 rings (SSSR count). The molecule has 1 aromatic heterocycles. The lowest BCUT2D eigenvalue weighted by Crippen LogP contribution is -2.55. The van der Waals surface area contributed by atoms with Crippen molar-refractivity contribution in [1.82, 2.24) is 20.2 Å². The molecule has 7 heteroatoms. The Labute approximate surface area is 131 Å². The number of hydrogen-bond donors (Lipinski definition) is 2. The van der Waals surface area contributed by atoms with E-state index in [1.807, 2.05) is 27.7 Å². The van der Waals surface area contributed by atoms with Crippen LogP contribution in [0.5, 0.6) is 0 Å². The average molecular weight is 307 g/mol. The number of carbonyl (C=O) groups excluding carboxylic acids is 1. The lowest BCUT2D eigenvalue weighted by Gasteiger charge is -2.34. The summed E-state index contributed by atoms with van der Waals surface area (Å²) in [6.45, 7) is 10.2. The van der Waals surface area contributed by atoms with Crippen LogP contribution in [0.2, 0.25) is 0 Å². The number of nitrogens with one attached hydrogen (secondary N) is 2. The zero-order chi connectivity index (χ0) is 16.2. The summed E-state index contributed by atoms with van der Waals surface area (Å²) in [5, 5.41) is 6.57. The highest BCUT2D eigenvalue weighted by atomic mass is 16.6. The number of ether oxygens (including phenoxy) is 1. The van der Waals surface area contributed by atoms with Gasteiger partial charge in [0.05, 0.1) is 0 Å². The summed E-state index contributed by atoms with van der Waals surface area (Å²) in [7, 11) is 0. The lowest BCUT2D eigenvalue weighted by molar-refractivity contribution is 0.0200. The highest BCUT2D eigenvalue weighted by molar-refractivity contribution is 5.68. The number of carbonyl (C=O) groups is 1. The second kappa shape index (κ2) is 6.91.